The molecule has 0 saturated heterocycles. The fraction of sp³-hybridized carbons (Fsp3) is 0.333. The van der Waals surface area contributed by atoms with Crippen LogP contribution in [0, 0.1) is 10.1 Å². The Balaban J connectivity index is 3.21. The van der Waals surface area contributed by atoms with Crippen molar-refractivity contribution in [1.82, 2.24) is 0 Å². The molecule has 1 aromatic rings. The lowest BCUT2D eigenvalue weighted by Gasteiger charge is -2.17. The van der Waals surface area contributed by atoms with Gasteiger partial charge in [0.05, 0.1) is 11.0 Å². The number of likely N-dealkylation sites (N-methyl/N-ethyl adjacent to an activating group) is 1. The van der Waals surface area contributed by atoms with Gasteiger partial charge in [0.1, 0.15) is 5.69 Å². The van der Waals surface area contributed by atoms with Crippen LogP contribution < -0.4 is 4.90 Å². The van der Waals surface area contributed by atoms with Crippen LogP contribution in [0.2, 0.25) is 0 Å². The molecule has 1 unspecified atom stereocenters. The molecule has 0 aromatic heterocycles. The summed E-state index contributed by atoms with van der Waals surface area (Å²) in [5, 5.41) is 20.4. The fourth-order valence-electron chi connectivity index (χ4n) is 1.56. The molecule has 0 saturated carbocycles. The topological polar surface area (TPSA) is 66.6 Å². The summed E-state index contributed by atoms with van der Waals surface area (Å²) in [6.07, 6.45) is 0.958. The van der Waals surface area contributed by atoms with Gasteiger partial charge >= 0.3 is 0 Å². The molecule has 0 aliphatic heterocycles. The molecule has 0 spiro atoms. The first-order valence-corrected chi connectivity index (χ1v) is 5.25. The number of hydrogen-bond donors (Lipinski definition) is 1. The number of hydrogen-bond acceptors (Lipinski definition) is 4. The van der Waals surface area contributed by atoms with Crippen LogP contribution in [0.25, 0.3) is 0 Å². The van der Waals surface area contributed by atoms with E-state index in [9.17, 15) is 15.2 Å². The highest BCUT2D eigenvalue weighted by Crippen LogP contribution is 2.30. The molecule has 0 aliphatic carbocycles. The second kappa shape index (κ2) is 5.45. The number of nitrogens with zero attached hydrogens (tertiary/aromatic N) is 2. The Kier molecular flexibility index (Phi) is 4.23. The number of anilines is 1. The molecule has 1 atom stereocenters. The maximum Gasteiger partial charge on any atom is 0.292 e. The molecule has 1 N–H and O–H groups in total. The minimum Gasteiger partial charge on any atom is -0.389 e. The molecular weight excluding hydrogens is 220 g/mol. The number of aliphatic hydroxyl groups excluding tert-OH is 1. The van der Waals surface area contributed by atoms with Crippen molar-refractivity contribution in [2.24, 2.45) is 0 Å². The summed E-state index contributed by atoms with van der Waals surface area (Å²) in [5.41, 5.74) is 1.04. The Labute approximate surface area is 100 Å². The first-order chi connectivity index (χ1) is 7.97. The van der Waals surface area contributed by atoms with Crippen molar-refractivity contribution in [1.29, 1.82) is 0 Å². The van der Waals surface area contributed by atoms with Gasteiger partial charge in [0.2, 0.25) is 0 Å². The van der Waals surface area contributed by atoms with E-state index in [1.807, 2.05) is 0 Å². The molecule has 0 heterocycles. The lowest BCUT2D eigenvalue weighted by atomic mass is 10.1. The highest BCUT2D eigenvalue weighted by atomic mass is 16.6. The number of benzene rings is 1. The average Bonchev–Trinajstić information content (AvgIpc) is 2.28. The van der Waals surface area contributed by atoms with Gasteiger partial charge in [-0.15, -0.1) is 6.58 Å². The largest absolute Gasteiger partial charge is 0.389 e. The monoisotopic (exact) mass is 236 g/mol. The second-order valence-corrected chi connectivity index (χ2v) is 3.85. The predicted molar refractivity (Wildman–Crippen MR) is 67.2 cm³/mol. The molecule has 1 aromatic carbocycles. The minimum atomic E-state index is -0.715. The van der Waals surface area contributed by atoms with Crippen LogP contribution in [0.4, 0.5) is 11.4 Å². The molecule has 92 valence electrons. The van der Waals surface area contributed by atoms with Crippen molar-refractivity contribution in [3.8, 4) is 0 Å². The van der Waals surface area contributed by atoms with E-state index in [1.165, 1.54) is 6.07 Å². The lowest BCUT2D eigenvalue weighted by molar-refractivity contribution is -0.384. The fourth-order valence-corrected chi connectivity index (χ4v) is 1.56. The number of rotatable bonds is 5. The molecule has 17 heavy (non-hydrogen) atoms. The molecule has 0 amide bonds. The molecule has 0 radical (unpaired) electrons. The third-order valence-electron chi connectivity index (χ3n) is 2.49. The van der Waals surface area contributed by atoms with Crippen molar-refractivity contribution in [2.45, 2.75) is 13.0 Å². The van der Waals surface area contributed by atoms with Gasteiger partial charge in [0.25, 0.3) is 5.69 Å². The number of nitro groups is 1. The van der Waals surface area contributed by atoms with Crippen molar-refractivity contribution in [3.63, 3.8) is 0 Å². The quantitative estimate of drug-likeness (QED) is 0.484. The Morgan fingerprint density at radius 1 is 1.65 bits per heavy atom. The first kappa shape index (κ1) is 13.2. The zero-order chi connectivity index (χ0) is 13.0. The van der Waals surface area contributed by atoms with Crippen LogP contribution in [-0.2, 0) is 0 Å². The zero-order valence-electron chi connectivity index (χ0n) is 9.96. The minimum absolute atomic E-state index is 0.00671. The van der Waals surface area contributed by atoms with E-state index in [0.717, 1.165) is 0 Å². The SMILES string of the molecule is C=CCN(C)c1ccc(C(C)O)cc1[N+](=O)[O-]. The van der Waals surface area contributed by atoms with Crippen molar-refractivity contribution >= 4 is 11.4 Å². The van der Waals surface area contributed by atoms with Crippen LogP contribution in [0.15, 0.2) is 30.9 Å². The summed E-state index contributed by atoms with van der Waals surface area (Å²) in [6, 6.07) is 4.73. The molecule has 0 fully saturated rings. The second-order valence-electron chi connectivity index (χ2n) is 3.85. The molecule has 0 bridgehead atoms. The highest BCUT2D eigenvalue weighted by Gasteiger charge is 2.18. The Hall–Kier alpha value is -1.88. The number of nitro benzene ring substituents is 1. The molecule has 1 rings (SSSR count). The van der Waals surface area contributed by atoms with Crippen molar-refractivity contribution in [3.05, 3.63) is 46.5 Å². The van der Waals surface area contributed by atoms with E-state index in [2.05, 4.69) is 6.58 Å². The normalized spacial score (nSPS) is 11.9. The molecule has 5 heteroatoms. The van der Waals surface area contributed by atoms with E-state index in [4.69, 9.17) is 0 Å². The predicted octanol–water partition coefficient (Wildman–Crippen LogP) is 2.27. The van der Waals surface area contributed by atoms with Crippen LogP contribution in [0.5, 0.6) is 0 Å². The number of aliphatic hydroxyl groups is 1. The van der Waals surface area contributed by atoms with E-state index >= 15 is 0 Å². The van der Waals surface area contributed by atoms with Gasteiger partial charge in [-0.25, -0.2) is 0 Å². The third kappa shape index (κ3) is 3.04. The summed E-state index contributed by atoms with van der Waals surface area (Å²) >= 11 is 0. The molecule has 0 aliphatic rings. The van der Waals surface area contributed by atoms with Crippen LogP contribution in [0.3, 0.4) is 0 Å². The first-order valence-electron chi connectivity index (χ1n) is 5.25. The maximum atomic E-state index is 11.0. The molecular formula is C12H16N2O3. The van der Waals surface area contributed by atoms with E-state index in [1.54, 1.807) is 37.1 Å². The third-order valence-corrected chi connectivity index (χ3v) is 2.49. The summed E-state index contributed by atoms with van der Waals surface area (Å²) in [4.78, 5) is 12.3. The van der Waals surface area contributed by atoms with Crippen LogP contribution in [-0.4, -0.2) is 23.6 Å². The van der Waals surface area contributed by atoms with Crippen molar-refractivity contribution < 1.29 is 10.0 Å². The Morgan fingerprint density at radius 2 is 2.29 bits per heavy atom. The summed E-state index contributed by atoms with van der Waals surface area (Å²) in [5.74, 6) is 0. The van der Waals surface area contributed by atoms with Gasteiger partial charge in [0, 0.05) is 19.7 Å². The van der Waals surface area contributed by atoms with Gasteiger partial charge in [-0.3, -0.25) is 10.1 Å². The van der Waals surface area contributed by atoms with Crippen LogP contribution >= 0.6 is 0 Å². The van der Waals surface area contributed by atoms with Gasteiger partial charge < -0.3 is 10.0 Å². The van der Waals surface area contributed by atoms with E-state index in [-0.39, 0.29) is 5.69 Å². The van der Waals surface area contributed by atoms with Gasteiger partial charge in [0.15, 0.2) is 0 Å². The Bertz CT molecular complexity index is 430. The molecule has 5 nitrogen and oxygen atoms in total. The van der Waals surface area contributed by atoms with Crippen molar-refractivity contribution in [2.75, 3.05) is 18.5 Å². The van der Waals surface area contributed by atoms with Gasteiger partial charge in [-0.2, -0.15) is 0 Å². The zero-order valence-corrected chi connectivity index (χ0v) is 9.96. The average molecular weight is 236 g/mol. The Morgan fingerprint density at radius 3 is 2.76 bits per heavy atom. The highest BCUT2D eigenvalue weighted by molar-refractivity contribution is 5.64. The lowest BCUT2D eigenvalue weighted by Crippen LogP contribution is -2.18. The van der Waals surface area contributed by atoms with Gasteiger partial charge in [-0.05, 0) is 18.6 Å². The standard InChI is InChI=1S/C12H16N2O3/c1-4-7-13(3)11-6-5-10(9(2)15)8-12(11)14(16)17/h4-6,8-9,15H,1,7H2,2-3H3. The summed E-state index contributed by atoms with van der Waals surface area (Å²) in [7, 11) is 1.76. The van der Waals surface area contributed by atoms with Crippen LogP contribution in [0.1, 0.15) is 18.6 Å². The maximum absolute atomic E-state index is 11.0. The summed E-state index contributed by atoms with van der Waals surface area (Å²) in [6.45, 7) is 5.69. The smallest absolute Gasteiger partial charge is 0.292 e. The summed E-state index contributed by atoms with van der Waals surface area (Å²) < 4.78 is 0. The van der Waals surface area contributed by atoms with Gasteiger partial charge in [-0.1, -0.05) is 12.1 Å². The van der Waals surface area contributed by atoms with E-state index < -0.39 is 11.0 Å². The van der Waals surface area contributed by atoms with E-state index in [0.29, 0.717) is 17.8 Å².